The van der Waals surface area contributed by atoms with Crippen molar-refractivity contribution in [2.24, 2.45) is 0 Å². The maximum absolute atomic E-state index is 4.91. The lowest BCUT2D eigenvalue weighted by molar-refractivity contribution is 0.879. The van der Waals surface area contributed by atoms with Gasteiger partial charge in [0.25, 0.3) is 0 Å². The van der Waals surface area contributed by atoms with Crippen LogP contribution >= 0.6 is 11.3 Å². The van der Waals surface area contributed by atoms with Gasteiger partial charge in [-0.25, -0.2) is 0 Å². The summed E-state index contributed by atoms with van der Waals surface area (Å²) in [6, 6.07) is 63.2. The van der Waals surface area contributed by atoms with E-state index in [1.165, 1.54) is 81.4 Å². The number of hydrogen-bond donors (Lipinski definition) is 0. The fourth-order valence-corrected chi connectivity index (χ4v) is 10.5. The minimum Gasteiger partial charge on any atom is -0.135 e. The maximum Gasteiger partial charge on any atom is 0.105 e. The molecule has 274 valence electrons. The molecule has 11 rings (SSSR count). The minimum absolute atomic E-state index is 0.807. The average molecular weight is 760 g/mol. The topological polar surface area (TPSA) is 38.7 Å². The summed E-state index contributed by atoms with van der Waals surface area (Å²) in [5.41, 5.74) is 21.2. The van der Waals surface area contributed by atoms with E-state index in [1.54, 1.807) is 0 Å². The summed E-state index contributed by atoms with van der Waals surface area (Å²) in [4.78, 5) is 0. The van der Waals surface area contributed by atoms with Gasteiger partial charge in [0.15, 0.2) is 0 Å². The molecule has 8 aromatic carbocycles. The Bertz CT molecular complexity index is 3200. The number of fused-ring (bicyclic) bond motifs is 6. The lowest BCUT2D eigenvalue weighted by atomic mass is 9.79. The molecule has 0 aliphatic heterocycles. The van der Waals surface area contributed by atoms with Crippen LogP contribution in [0.1, 0.15) is 22.3 Å². The van der Waals surface area contributed by atoms with Gasteiger partial charge in [0, 0.05) is 36.9 Å². The van der Waals surface area contributed by atoms with Crippen LogP contribution < -0.4 is 0 Å². The average Bonchev–Trinajstić information content (AvgIpc) is 3.86. The summed E-state index contributed by atoms with van der Waals surface area (Å²) in [5.74, 6) is 0. The van der Waals surface area contributed by atoms with Crippen LogP contribution in [-0.2, 0) is 6.42 Å². The number of nitrogens with zero attached hydrogens (tertiary/aromatic N) is 3. The van der Waals surface area contributed by atoms with Gasteiger partial charge in [0.05, 0.1) is 0 Å². The summed E-state index contributed by atoms with van der Waals surface area (Å²) < 4.78 is 2.57. The first-order valence-corrected chi connectivity index (χ1v) is 20.7. The van der Waals surface area contributed by atoms with Gasteiger partial charge in [0.1, 0.15) is 11.4 Å². The predicted octanol–water partition coefficient (Wildman–Crippen LogP) is 14.4. The van der Waals surface area contributed by atoms with E-state index in [-0.39, 0.29) is 0 Å². The van der Waals surface area contributed by atoms with E-state index in [0.29, 0.717) is 0 Å². The van der Waals surface area contributed by atoms with Crippen LogP contribution in [0.5, 0.6) is 0 Å². The third-order valence-electron chi connectivity index (χ3n) is 12.0. The van der Waals surface area contributed by atoms with Gasteiger partial charge in [-0.3, -0.25) is 0 Å². The number of benzene rings is 8. The van der Waals surface area contributed by atoms with Crippen LogP contribution in [-0.4, -0.2) is 15.4 Å². The van der Waals surface area contributed by atoms with E-state index in [0.717, 1.165) is 45.6 Å². The Morgan fingerprint density at radius 2 is 0.966 bits per heavy atom. The van der Waals surface area contributed by atoms with Crippen molar-refractivity contribution >= 4 is 31.5 Å². The van der Waals surface area contributed by atoms with Crippen molar-refractivity contribution in [3.05, 3.63) is 198 Å². The standard InChI is InChI=1S/C54H37N3S/c1-33-34(2)48(44-32-38-24-12-13-25-39(38)50(44)47(33)35-18-6-3-7-19-35)52-41(30-31-46-51(52)43-28-16-17-29-45(43)58-46)40-26-14-15-27-42(40)54-49(36-20-8-4-9-21-36)53(55-57-56-54)37-22-10-5-11-23-37/h3-31H,32H2,1-2H3. The van der Waals surface area contributed by atoms with Crippen molar-refractivity contribution in [1.29, 1.82) is 0 Å². The smallest absolute Gasteiger partial charge is 0.105 e. The largest absolute Gasteiger partial charge is 0.135 e. The number of aromatic nitrogens is 3. The van der Waals surface area contributed by atoms with Crippen molar-refractivity contribution in [3.8, 4) is 78.1 Å². The van der Waals surface area contributed by atoms with Crippen molar-refractivity contribution < 1.29 is 0 Å². The van der Waals surface area contributed by atoms with Crippen LogP contribution in [0.3, 0.4) is 0 Å². The molecule has 0 saturated heterocycles. The molecule has 2 aromatic heterocycles. The molecule has 10 aromatic rings. The summed E-state index contributed by atoms with van der Waals surface area (Å²) in [5, 5.41) is 16.6. The second-order valence-electron chi connectivity index (χ2n) is 15.2. The molecule has 0 unspecified atom stereocenters. The highest BCUT2D eigenvalue weighted by atomic mass is 32.1. The molecule has 4 heteroatoms. The molecule has 0 saturated carbocycles. The van der Waals surface area contributed by atoms with Gasteiger partial charge in [-0.05, 0) is 110 Å². The van der Waals surface area contributed by atoms with Crippen LogP contribution in [0.15, 0.2) is 176 Å². The Labute approximate surface area is 342 Å². The Balaban J connectivity index is 1.26. The van der Waals surface area contributed by atoms with E-state index in [9.17, 15) is 0 Å². The zero-order chi connectivity index (χ0) is 38.7. The van der Waals surface area contributed by atoms with Gasteiger partial charge in [-0.1, -0.05) is 164 Å². The second-order valence-corrected chi connectivity index (χ2v) is 16.2. The summed E-state index contributed by atoms with van der Waals surface area (Å²) >= 11 is 1.87. The monoisotopic (exact) mass is 759 g/mol. The van der Waals surface area contributed by atoms with Gasteiger partial charge >= 0.3 is 0 Å². The molecule has 0 atom stereocenters. The first-order valence-electron chi connectivity index (χ1n) is 19.8. The lowest BCUT2D eigenvalue weighted by Gasteiger charge is -2.24. The van der Waals surface area contributed by atoms with E-state index in [2.05, 4.69) is 189 Å². The van der Waals surface area contributed by atoms with Crippen LogP contribution in [0.25, 0.3) is 98.3 Å². The zero-order valence-corrected chi connectivity index (χ0v) is 33.0. The molecule has 0 bridgehead atoms. The summed E-state index contributed by atoms with van der Waals surface area (Å²) in [7, 11) is 0. The van der Waals surface area contributed by atoms with E-state index >= 15 is 0 Å². The van der Waals surface area contributed by atoms with E-state index < -0.39 is 0 Å². The van der Waals surface area contributed by atoms with Crippen LogP contribution in [0.2, 0.25) is 0 Å². The van der Waals surface area contributed by atoms with Gasteiger partial charge < -0.3 is 0 Å². The van der Waals surface area contributed by atoms with Gasteiger partial charge in [0.2, 0.25) is 0 Å². The quantitative estimate of drug-likeness (QED) is 0.169. The van der Waals surface area contributed by atoms with Crippen LogP contribution in [0, 0.1) is 13.8 Å². The Hall–Kier alpha value is -7.01. The number of rotatable bonds is 6. The normalized spacial score (nSPS) is 11.9. The molecule has 0 radical (unpaired) electrons. The molecule has 0 spiro atoms. The Morgan fingerprint density at radius 3 is 1.71 bits per heavy atom. The summed E-state index contributed by atoms with van der Waals surface area (Å²) in [6.45, 7) is 4.67. The molecule has 0 N–H and O–H groups in total. The molecule has 0 fully saturated rings. The molecule has 3 nitrogen and oxygen atoms in total. The molecular formula is C54H37N3S. The maximum atomic E-state index is 4.91. The fraction of sp³-hybridized carbons (Fsp3) is 0.0556. The molecule has 1 aliphatic carbocycles. The van der Waals surface area contributed by atoms with Crippen molar-refractivity contribution in [2.45, 2.75) is 20.3 Å². The van der Waals surface area contributed by atoms with Crippen LogP contribution in [0.4, 0.5) is 0 Å². The zero-order valence-electron chi connectivity index (χ0n) is 32.2. The second kappa shape index (κ2) is 13.9. The van der Waals surface area contributed by atoms with Crippen molar-refractivity contribution in [3.63, 3.8) is 0 Å². The first-order chi connectivity index (χ1) is 28.7. The molecule has 2 heterocycles. The van der Waals surface area contributed by atoms with Crippen molar-refractivity contribution in [1.82, 2.24) is 15.4 Å². The third kappa shape index (κ3) is 5.37. The van der Waals surface area contributed by atoms with Crippen molar-refractivity contribution in [2.75, 3.05) is 0 Å². The fourth-order valence-electron chi connectivity index (χ4n) is 9.37. The third-order valence-corrected chi connectivity index (χ3v) is 13.2. The molecule has 1 aliphatic rings. The molecule has 0 amide bonds. The highest BCUT2D eigenvalue weighted by Crippen LogP contribution is 2.55. The number of thiophene rings is 1. The van der Waals surface area contributed by atoms with Gasteiger partial charge in [-0.15, -0.1) is 21.5 Å². The number of hydrogen-bond acceptors (Lipinski definition) is 4. The van der Waals surface area contributed by atoms with Gasteiger partial charge in [-0.2, -0.15) is 0 Å². The predicted molar refractivity (Wildman–Crippen MR) is 243 cm³/mol. The molecular weight excluding hydrogens is 723 g/mol. The minimum atomic E-state index is 0.807. The Kier molecular flexibility index (Phi) is 8.19. The highest BCUT2D eigenvalue weighted by molar-refractivity contribution is 7.26. The first kappa shape index (κ1) is 34.3. The van der Waals surface area contributed by atoms with E-state index in [1.807, 2.05) is 17.4 Å². The van der Waals surface area contributed by atoms with E-state index in [4.69, 9.17) is 10.2 Å². The Morgan fingerprint density at radius 1 is 0.397 bits per heavy atom. The highest BCUT2D eigenvalue weighted by Gasteiger charge is 2.32. The molecule has 58 heavy (non-hydrogen) atoms. The summed E-state index contributed by atoms with van der Waals surface area (Å²) in [6.07, 6.45) is 0.871. The lowest BCUT2D eigenvalue weighted by Crippen LogP contribution is -2.03. The SMILES string of the molecule is Cc1c(C)c(-c2ccccc2)c2c(c1-c1c(-c3ccccc3-c3nnnc(-c4ccccc4)c3-c3ccccc3)ccc3sc4ccccc4c13)Cc1ccccc1-2.